The summed E-state index contributed by atoms with van der Waals surface area (Å²) in [6, 6.07) is 0. The highest BCUT2D eigenvalue weighted by Crippen LogP contribution is 1.84. The highest BCUT2D eigenvalue weighted by Gasteiger charge is 2.00. The summed E-state index contributed by atoms with van der Waals surface area (Å²) < 4.78 is 24.0. The van der Waals surface area contributed by atoms with Crippen molar-refractivity contribution in [3.05, 3.63) is 0 Å². The zero-order valence-electron chi connectivity index (χ0n) is 8.15. The van der Waals surface area contributed by atoms with Crippen molar-refractivity contribution in [2.75, 3.05) is 39.5 Å². The smallest absolute Gasteiger partial charge is 0.263 e. The van der Waals surface area contributed by atoms with Gasteiger partial charge in [-0.2, -0.15) is 4.21 Å². The number of nitrogens with zero attached hydrogens (tertiary/aromatic N) is 1. The molecule has 0 rings (SSSR count). The Balaban J connectivity index is 0. The number of aliphatic hydroxyl groups is 3. The van der Waals surface area contributed by atoms with Gasteiger partial charge in [0.05, 0.1) is 19.8 Å². The lowest BCUT2D eigenvalue weighted by Crippen LogP contribution is -2.32. The molecule has 0 aromatic carbocycles. The van der Waals surface area contributed by atoms with E-state index in [0.717, 1.165) is 0 Å². The molecule has 0 atom stereocenters. The fourth-order valence-electron chi connectivity index (χ4n) is 0.760. The monoisotopic (exact) mass is 263 g/mol. The second-order valence-electron chi connectivity index (χ2n) is 2.46. The van der Waals surface area contributed by atoms with Crippen LogP contribution in [0.25, 0.3) is 0 Å². The molecule has 7 nitrogen and oxygen atoms in total. The Bertz CT molecular complexity index is 197. The predicted octanol–water partition coefficient (Wildman–Crippen LogP) is -2.06. The van der Waals surface area contributed by atoms with Crippen LogP contribution in [0.15, 0.2) is 0 Å². The van der Waals surface area contributed by atoms with Crippen LogP contribution < -0.4 is 0 Å². The van der Waals surface area contributed by atoms with Gasteiger partial charge < -0.3 is 15.3 Å². The van der Waals surface area contributed by atoms with Crippen LogP contribution in [-0.2, 0) is 20.2 Å². The van der Waals surface area contributed by atoms with Gasteiger partial charge >= 0.3 is 0 Å². The average molecular weight is 263 g/mol. The van der Waals surface area contributed by atoms with Crippen LogP contribution in [0.3, 0.4) is 0 Å². The predicted molar refractivity (Wildman–Crippen MR) is 58.5 cm³/mol. The summed E-state index contributed by atoms with van der Waals surface area (Å²) >= 11 is 3.47. The average Bonchev–Trinajstić information content (AvgIpc) is 2.02. The maximum atomic E-state index is 9.11. The van der Waals surface area contributed by atoms with Crippen LogP contribution in [0.4, 0.5) is 0 Å². The van der Waals surface area contributed by atoms with E-state index in [-0.39, 0.29) is 19.8 Å². The maximum Gasteiger partial charge on any atom is 0.263 e. The van der Waals surface area contributed by atoms with Gasteiger partial charge in [0.25, 0.3) is 9.05 Å². The van der Waals surface area contributed by atoms with Gasteiger partial charge in [0.1, 0.15) is 0 Å². The molecule has 0 fully saturated rings. The molecule has 94 valence electrons. The Morgan fingerprint density at radius 1 is 0.933 bits per heavy atom. The lowest BCUT2D eigenvalue weighted by atomic mass is 10.4. The van der Waals surface area contributed by atoms with E-state index in [1.165, 1.54) is 0 Å². The highest BCUT2D eigenvalue weighted by atomic mass is 32.9. The van der Waals surface area contributed by atoms with Crippen molar-refractivity contribution in [2.45, 2.75) is 0 Å². The summed E-state index contributed by atoms with van der Waals surface area (Å²) in [7, 11) is -3.83. The SMILES string of the molecule is O=S(O)(O)=S.OCCN(CCO)CCO. The Labute approximate surface area is 93.7 Å². The van der Waals surface area contributed by atoms with Gasteiger partial charge in [0.2, 0.25) is 0 Å². The van der Waals surface area contributed by atoms with Crippen LogP contribution in [0.5, 0.6) is 0 Å². The molecule has 0 aliphatic rings. The summed E-state index contributed by atoms with van der Waals surface area (Å²) in [6.45, 7) is 1.75. The number of hydrogen-bond acceptors (Lipinski definition) is 6. The van der Waals surface area contributed by atoms with Gasteiger partial charge in [-0.15, -0.1) is 0 Å². The van der Waals surface area contributed by atoms with Crippen LogP contribution in [0.2, 0.25) is 0 Å². The maximum absolute atomic E-state index is 9.11. The zero-order chi connectivity index (χ0) is 12.3. The fraction of sp³-hybridized carbons (Fsp3) is 1.00. The summed E-state index contributed by atoms with van der Waals surface area (Å²) in [5, 5.41) is 25.5. The molecule has 0 bridgehead atoms. The Kier molecular flexibility index (Phi) is 12.4. The molecular weight excluding hydrogens is 246 g/mol. The van der Waals surface area contributed by atoms with Crippen molar-refractivity contribution in [1.82, 2.24) is 4.90 Å². The van der Waals surface area contributed by atoms with E-state index in [1.807, 2.05) is 0 Å². The molecule has 0 aromatic heterocycles. The van der Waals surface area contributed by atoms with E-state index >= 15 is 0 Å². The summed E-state index contributed by atoms with van der Waals surface area (Å²) in [4.78, 5) is 1.79. The van der Waals surface area contributed by atoms with Gasteiger partial charge in [-0.05, 0) is 0 Å². The lowest BCUT2D eigenvalue weighted by molar-refractivity contribution is 0.136. The standard InChI is InChI=1S/C6H15NO3.H2O3S2/c8-4-1-7(2-5-9)3-6-10;1-5(2,3)4/h8-10H,1-6H2;(H2,1,2,3,4). The molecule has 0 amide bonds. The molecule has 0 radical (unpaired) electrons. The molecule has 0 saturated heterocycles. The van der Waals surface area contributed by atoms with Crippen molar-refractivity contribution in [2.24, 2.45) is 0 Å². The molecule has 0 spiro atoms. The van der Waals surface area contributed by atoms with E-state index in [0.29, 0.717) is 19.6 Å². The largest absolute Gasteiger partial charge is 0.395 e. The van der Waals surface area contributed by atoms with Crippen molar-refractivity contribution in [3.63, 3.8) is 0 Å². The first-order valence-electron chi connectivity index (χ1n) is 4.10. The second-order valence-corrected chi connectivity index (χ2v) is 4.66. The van der Waals surface area contributed by atoms with Gasteiger partial charge in [-0.3, -0.25) is 14.0 Å². The van der Waals surface area contributed by atoms with E-state index in [4.69, 9.17) is 28.6 Å². The summed E-state index contributed by atoms with van der Waals surface area (Å²) in [5.41, 5.74) is 0. The third kappa shape index (κ3) is 24.9. The van der Waals surface area contributed by atoms with Gasteiger partial charge in [0, 0.05) is 30.8 Å². The second kappa shape index (κ2) is 10.6. The molecule has 0 saturated carbocycles. The van der Waals surface area contributed by atoms with E-state index in [9.17, 15) is 0 Å². The van der Waals surface area contributed by atoms with Crippen molar-refractivity contribution >= 4 is 20.2 Å². The van der Waals surface area contributed by atoms with Crippen LogP contribution in [-0.4, -0.2) is 73.0 Å². The minimum Gasteiger partial charge on any atom is -0.395 e. The third-order valence-corrected chi connectivity index (χ3v) is 1.25. The third-order valence-electron chi connectivity index (χ3n) is 1.25. The Hall–Kier alpha value is 0.130. The topological polar surface area (TPSA) is 121 Å². The quantitative estimate of drug-likeness (QED) is 0.371. The first-order valence-corrected chi connectivity index (χ1v) is 6.49. The number of hydrogen-bond donors (Lipinski definition) is 5. The molecule has 0 aliphatic carbocycles. The molecule has 9 heteroatoms. The molecule has 0 unspecified atom stereocenters. The molecule has 0 heterocycles. The molecule has 0 aromatic rings. The van der Waals surface area contributed by atoms with Crippen molar-refractivity contribution < 1.29 is 28.6 Å². The van der Waals surface area contributed by atoms with E-state index < -0.39 is 9.05 Å². The Morgan fingerprint density at radius 3 is 1.27 bits per heavy atom. The molecule has 15 heavy (non-hydrogen) atoms. The van der Waals surface area contributed by atoms with Crippen LogP contribution >= 0.6 is 0 Å². The highest BCUT2D eigenvalue weighted by molar-refractivity contribution is 8.26. The lowest BCUT2D eigenvalue weighted by Gasteiger charge is -2.17. The van der Waals surface area contributed by atoms with Crippen molar-refractivity contribution in [3.8, 4) is 0 Å². The van der Waals surface area contributed by atoms with Gasteiger partial charge in [0.15, 0.2) is 0 Å². The Morgan fingerprint density at radius 2 is 1.13 bits per heavy atom. The van der Waals surface area contributed by atoms with Gasteiger partial charge in [-0.1, -0.05) is 0 Å². The zero-order valence-corrected chi connectivity index (χ0v) is 9.78. The van der Waals surface area contributed by atoms with E-state index in [2.05, 4.69) is 11.2 Å². The van der Waals surface area contributed by atoms with Crippen LogP contribution in [0.1, 0.15) is 0 Å². The first-order chi connectivity index (χ1) is 6.85. The molecule has 5 N–H and O–H groups in total. The fourth-order valence-corrected chi connectivity index (χ4v) is 0.760. The minimum atomic E-state index is -3.83. The first kappa shape index (κ1) is 17.5. The minimum absolute atomic E-state index is 0.0694. The van der Waals surface area contributed by atoms with E-state index in [1.54, 1.807) is 4.90 Å². The normalized spacial score (nSPS) is 11.1. The summed E-state index contributed by atoms with van der Waals surface area (Å²) in [6.07, 6.45) is 0. The molecule has 0 aliphatic heterocycles. The summed E-state index contributed by atoms with van der Waals surface area (Å²) in [5.74, 6) is 0. The number of rotatable bonds is 6. The molecular formula is C6H17NO6S2. The number of aliphatic hydroxyl groups excluding tert-OH is 3. The van der Waals surface area contributed by atoms with Crippen molar-refractivity contribution in [1.29, 1.82) is 0 Å². The van der Waals surface area contributed by atoms with Crippen LogP contribution in [0, 0.1) is 0 Å². The van der Waals surface area contributed by atoms with Gasteiger partial charge in [-0.25, -0.2) is 0 Å².